The number of hydrogen-bond donors (Lipinski definition) is 1. The van der Waals surface area contributed by atoms with Crippen molar-refractivity contribution in [2.24, 2.45) is 5.73 Å². The van der Waals surface area contributed by atoms with Gasteiger partial charge >= 0.3 is 0 Å². The van der Waals surface area contributed by atoms with Crippen molar-refractivity contribution in [3.8, 4) is 0 Å². The Morgan fingerprint density at radius 1 is 1.05 bits per heavy atom. The zero-order valence-electron chi connectivity index (χ0n) is 11.5. The van der Waals surface area contributed by atoms with Crippen molar-refractivity contribution in [3.05, 3.63) is 64.7 Å². The Kier molecular flexibility index (Phi) is 4.78. The van der Waals surface area contributed by atoms with Crippen LogP contribution in [0.25, 0.3) is 0 Å². The van der Waals surface area contributed by atoms with Gasteiger partial charge in [-0.3, -0.25) is 0 Å². The quantitative estimate of drug-likeness (QED) is 0.847. The molecule has 106 valence electrons. The smallest absolute Gasteiger partial charge is 0.159 e. The third-order valence-electron chi connectivity index (χ3n) is 3.15. The van der Waals surface area contributed by atoms with Crippen LogP contribution in [0.3, 0.4) is 0 Å². The Morgan fingerprint density at radius 2 is 1.80 bits per heavy atom. The average molecular weight is 293 g/mol. The van der Waals surface area contributed by atoms with Gasteiger partial charge in [-0.05, 0) is 43.2 Å². The van der Waals surface area contributed by atoms with Crippen molar-refractivity contribution >= 4 is 11.8 Å². The van der Waals surface area contributed by atoms with E-state index in [9.17, 15) is 8.78 Å². The second-order valence-electron chi connectivity index (χ2n) is 4.85. The van der Waals surface area contributed by atoms with Crippen molar-refractivity contribution in [1.82, 2.24) is 0 Å². The first-order valence-corrected chi connectivity index (χ1v) is 7.36. The molecule has 2 aromatic carbocycles. The standard InChI is InChI=1S/C16H17F2NS/c1-10-3-5-13(11(2)7-10)16(19)9-20-12-4-6-14(17)15(18)8-12/h3-8,16H,9,19H2,1-2H3. The molecule has 0 radical (unpaired) electrons. The van der Waals surface area contributed by atoms with E-state index in [0.29, 0.717) is 10.6 Å². The van der Waals surface area contributed by atoms with Crippen LogP contribution in [0.5, 0.6) is 0 Å². The summed E-state index contributed by atoms with van der Waals surface area (Å²) in [5.41, 5.74) is 9.62. The zero-order chi connectivity index (χ0) is 14.7. The molecule has 0 aliphatic carbocycles. The van der Waals surface area contributed by atoms with Crippen molar-refractivity contribution in [2.45, 2.75) is 24.8 Å². The molecule has 2 aromatic rings. The Hall–Kier alpha value is -1.39. The summed E-state index contributed by atoms with van der Waals surface area (Å²) in [5.74, 6) is -1.03. The average Bonchev–Trinajstić information content (AvgIpc) is 2.40. The molecule has 0 aliphatic rings. The van der Waals surface area contributed by atoms with Crippen molar-refractivity contribution in [3.63, 3.8) is 0 Å². The summed E-state index contributed by atoms with van der Waals surface area (Å²) in [6.45, 7) is 4.07. The molecular formula is C16H17F2NS. The molecular weight excluding hydrogens is 276 g/mol. The SMILES string of the molecule is Cc1ccc(C(N)CSc2ccc(F)c(F)c2)c(C)c1. The van der Waals surface area contributed by atoms with E-state index in [-0.39, 0.29) is 6.04 Å². The molecule has 1 atom stereocenters. The van der Waals surface area contributed by atoms with Crippen LogP contribution >= 0.6 is 11.8 Å². The number of thioether (sulfide) groups is 1. The lowest BCUT2D eigenvalue weighted by atomic mass is 10.0. The minimum atomic E-state index is -0.826. The summed E-state index contributed by atoms with van der Waals surface area (Å²) < 4.78 is 26.0. The summed E-state index contributed by atoms with van der Waals surface area (Å²) in [6, 6.07) is 9.93. The number of benzene rings is 2. The molecule has 20 heavy (non-hydrogen) atoms. The highest BCUT2D eigenvalue weighted by Crippen LogP contribution is 2.26. The first-order chi connectivity index (χ1) is 9.47. The van der Waals surface area contributed by atoms with Crippen molar-refractivity contribution < 1.29 is 8.78 Å². The molecule has 0 heterocycles. The van der Waals surface area contributed by atoms with Crippen LogP contribution in [0, 0.1) is 25.5 Å². The summed E-state index contributed by atoms with van der Waals surface area (Å²) >= 11 is 1.43. The zero-order valence-corrected chi connectivity index (χ0v) is 12.3. The second kappa shape index (κ2) is 6.37. The maximum absolute atomic E-state index is 13.1. The normalized spacial score (nSPS) is 12.4. The van der Waals surface area contributed by atoms with Gasteiger partial charge in [-0.1, -0.05) is 23.8 Å². The third-order valence-corrected chi connectivity index (χ3v) is 4.26. The number of nitrogens with two attached hydrogens (primary N) is 1. The summed E-state index contributed by atoms with van der Waals surface area (Å²) in [7, 11) is 0. The van der Waals surface area contributed by atoms with Crippen LogP contribution < -0.4 is 5.73 Å². The summed E-state index contributed by atoms with van der Waals surface area (Å²) in [5, 5.41) is 0. The molecule has 0 fully saturated rings. The fourth-order valence-corrected chi connectivity index (χ4v) is 2.99. The fraction of sp³-hybridized carbons (Fsp3) is 0.250. The van der Waals surface area contributed by atoms with Gasteiger partial charge in [0, 0.05) is 16.7 Å². The third kappa shape index (κ3) is 3.58. The molecule has 1 nitrogen and oxygen atoms in total. The molecule has 0 aromatic heterocycles. The van der Waals surface area contributed by atoms with E-state index >= 15 is 0 Å². The lowest BCUT2D eigenvalue weighted by Crippen LogP contribution is -2.14. The number of rotatable bonds is 4. The van der Waals surface area contributed by atoms with Crippen LogP contribution in [0.15, 0.2) is 41.3 Å². The lowest BCUT2D eigenvalue weighted by molar-refractivity contribution is 0.506. The Morgan fingerprint density at radius 3 is 2.45 bits per heavy atom. The molecule has 0 aliphatic heterocycles. The number of aryl methyl sites for hydroxylation is 2. The van der Waals surface area contributed by atoms with Crippen LogP contribution in [0.4, 0.5) is 8.78 Å². The summed E-state index contributed by atoms with van der Waals surface area (Å²) in [6.07, 6.45) is 0. The predicted octanol–water partition coefficient (Wildman–Crippen LogP) is 4.37. The maximum atomic E-state index is 13.1. The van der Waals surface area contributed by atoms with Crippen molar-refractivity contribution in [1.29, 1.82) is 0 Å². The lowest BCUT2D eigenvalue weighted by Gasteiger charge is -2.15. The van der Waals surface area contributed by atoms with Crippen LogP contribution in [0.2, 0.25) is 0 Å². The molecule has 0 bridgehead atoms. The Bertz CT molecular complexity index is 613. The van der Waals surface area contributed by atoms with Crippen LogP contribution in [-0.2, 0) is 0 Å². The topological polar surface area (TPSA) is 26.0 Å². The van der Waals surface area contributed by atoms with Gasteiger partial charge in [0.05, 0.1) is 0 Å². The Labute approximate surface area is 122 Å². The minimum absolute atomic E-state index is 0.131. The fourth-order valence-electron chi connectivity index (χ4n) is 2.08. The minimum Gasteiger partial charge on any atom is -0.323 e. The van der Waals surface area contributed by atoms with E-state index in [1.165, 1.54) is 23.4 Å². The van der Waals surface area contributed by atoms with Gasteiger partial charge in [-0.25, -0.2) is 8.78 Å². The van der Waals surface area contributed by atoms with Gasteiger partial charge in [-0.2, -0.15) is 0 Å². The highest BCUT2D eigenvalue weighted by atomic mass is 32.2. The van der Waals surface area contributed by atoms with Gasteiger partial charge < -0.3 is 5.73 Å². The Balaban J connectivity index is 2.04. The maximum Gasteiger partial charge on any atom is 0.159 e. The molecule has 4 heteroatoms. The molecule has 2 rings (SSSR count). The van der Waals surface area contributed by atoms with Crippen LogP contribution in [-0.4, -0.2) is 5.75 Å². The van der Waals surface area contributed by atoms with E-state index in [1.54, 1.807) is 6.07 Å². The van der Waals surface area contributed by atoms with E-state index in [4.69, 9.17) is 5.73 Å². The molecule has 1 unspecified atom stereocenters. The van der Waals surface area contributed by atoms with E-state index in [2.05, 4.69) is 6.07 Å². The largest absolute Gasteiger partial charge is 0.323 e. The first-order valence-electron chi connectivity index (χ1n) is 6.38. The molecule has 0 amide bonds. The van der Waals surface area contributed by atoms with Crippen LogP contribution in [0.1, 0.15) is 22.7 Å². The second-order valence-corrected chi connectivity index (χ2v) is 5.95. The molecule has 2 N–H and O–H groups in total. The first kappa shape index (κ1) is 15.0. The van der Waals surface area contributed by atoms with E-state index in [0.717, 1.165) is 17.2 Å². The monoisotopic (exact) mass is 293 g/mol. The van der Waals surface area contributed by atoms with Crippen molar-refractivity contribution in [2.75, 3.05) is 5.75 Å². The van der Waals surface area contributed by atoms with Gasteiger partial charge in [0.25, 0.3) is 0 Å². The molecule has 0 saturated heterocycles. The molecule has 0 saturated carbocycles. The van der Waals surface area contributed by atoms with Gasteiger partial charge in [0.15, 0.2) is 11.6 Å². The van der Waals surface area contributed by atoms with E-state index < -0.39 is 11.6 Å². The van der Waals surface area contributed by atoms with Gasteiger partial charge in [0.1, 0.15) is 0 Å². The number of halogens is 2. The summed E-state index contributed by atoms with van der Waals surface area (Å²) in [4.78, 5) is 0.684. The van der Waals surface area contributed by atoms with Gasteiger partial charge in [0.2, 0.25) is 0 Å². The van der Waals surface area contributed by atoms with Gasteiger partial charge in [-0.15, -0.1) is 11.8 Å². The highest BCUT2D eigenvalue weighted by Gasteiger charge is 2.10. The molecule has 0 spiro atoms. The predicted molar refractivity (Wildman–Crippen MR) is 79.9 cm³/mol. The number of hydrogen-bond acceptors (Lipinski definition) is 2. The van der Waals surface area contributed by atoms with E-state index in [1.807, 2.05) is 26.0 Å². The highest BCUT2D eigenvalue weighted by molar-refractivity contribution is 7.99.